The van der Waals surface area contributed by atoms with E-state index in [1.165, 1.54) is 16.2 Å². The molecular formula is C19H22N2O2S. The van der Waals surface area contributed by atoms with Crippen LogP contribution in [0.1, 0.15) is 46.1 Å². The number of anilines is 1. The number of nitrogens with one attached hydrogen (secondary N) is 1. The summed E-state index contributed by atoms with van der Waals surface area (Å²) in [7, 11) is 0. The smallest absolute Gasteiger partial charge is 0.251 e. The molecule has 1 aromatic heterocycles. The number of hydrogen-bond donors (Lipinski definition) is 2. The lowest BCUT2D eigenvalue weighted by molar-refractivity contribution is -0.115. The Morgan fingerprint density at radius 1 is 1.29 bits per heavy atom. The largest absolute Gasteiger partial charge is 0.365 e. The van der Waals surface area contributed by atoms with Crippen LogP contribution in [0.4, 0.5) is 5.00 Å². The summed E-state index contributed by atoms with van der Waals surface area (Å²) in [5.41, 5.74) is 8.11. The van der Waals surface area contributed by atoms with Crippen LogP contribution in [0.3, 0.4) is 0 Å². The minimum atomic E-state index is -0.447. The van der Waals surface area contributed by atoms with E-state index in [9.17, 15) is 9.59 Å². The summed E-state index contributed by atoms with van der Waals surface area (Å²) in [6, 6.07) is 9.57. The van der Waals surface area contributed by atoms with Crippen LogP contribution in [0.5, 0.6) is 0 Å². The lowest BCUT2D eigenvalue weighted by Crippen LogP contribution is -2.20. The molecule has 0 unspecified atom stereocenters. The van der Waals surface area contributed by atoms with Crippen molar-refractivity contribution in [3.05, 3.63) is 51.9 Å². The number of fused-ring (bicyclic) bond motifs is 1. The van der Waals surface area contributed by atoms with E-state index in [-0.39, 0.29) is 5.91 Å². The molecule has 24 heavy (non-hydrogen) atoms. The highest BCUT2D eigenvalue weighted by Gasteiger charge is 2.28. The molecular weight excluding hydrogens is 320 g/mol. The third-order valence-corrected chi connectivity index (χ3v) is 5.82. The summed E-state index contributed by atoms with van der Waals surface area (Å²) in [6.07, 6.45) is 4.36. The van der Waals surface area contributed by atoms with E-state index in [4.69, 9.17) is 5.73 Å². The number of carbonyl (C=O) groups is 2. The first-order valence-corrected chi connectivity index (χ1v) is 9.18. The van der Waals surface area contributed by atoms with Gasteiger partial charge < -0.3 is 11.1 Å². The molecule has 1 atom stereocenters. The fourth-order valence-corrected chi connectivity index (χ4v) is 4.69. The van der Waals surface area contributed by atoms with Gasteiger partial charge in [0.05, 0.1) is 12.0 Å². The number of hydrogen-bond acceptors (Lipinski definition) is 3. The zero-order valence-corrected chi connectivity index (χ0v) is 14.6. The molecule has 2 amide bonds. The van der Waals surface area contributed by atoms with E-state index >= 15 is 0 Å². The van der Waals surface area contributed by atoms with Crippen LogP contribution < -0.4 is 11.1 Å². The first-order valence-electron chi connectivity index (χ1n) is 8.36. The zero-order chi connectivity index (χ0) is 17.1. The Balaban J connectivity index is 1.81. The van der Waals surface area contributed by atoms with Gasteiger partial charge in [0.15, 0.2) is 0 Å². The van der Waals surface area contributed by atoms with Crippen LogP contribution in [0.2, 0.25) is 0 Å². The lowest BCUT2D eigenvalue weighted by Gasteiger charge is -2.20. The van der Waals surface area contributed by atoms with Gasteiger partial charge in [-0.2, -0.15) is 0 Å². The highest BCUT2D eigenvalue weighted by molar-refractivity contribution is 7.17. The maximum Gasteiger partial charge on any atom is 0.251 e. The van der Waals surface area contributed by atoms with Gasteiger partial charge in [-0.15, -0.1) is 11.3 Å². The molecule has 0 radical (unpaired) electrons. The maximum absolute atomic E-state index is 12.3. The predicted octanol–water partition coefficient (Wildman–Crippen LogP) is 3.54. The summed E-state index contributed by atoms with van der Waals surface area (Å²) in [5, 5.41) is 3.53. The second-order valence-electron chi connectivity index (χ2n) is 6.30. The molecule has 3 rings (SSSR count). The van der Waals surface area contributed by atoms with Crippen LogP contribution in [-0.2, 0) is 24.1 Å². The molecule has 0 bridgehead atoms. The van der Waals surface area contributed by atoms with Gasteiger partial charge in [-0.05, 0) is 36.3 Å². The van der Waals surface area contributed by atoms with Gasteiger partial charge in [-0.1, -0.05) is 43.7 Å². The van der Waals surface area contributed by atoms with E-state index < -0.39 is 5.91 Å². The number of primary amides is 1. The number of nitrogens with two attached hydrogens (primary N) is 1. The average molecular weight is 342 g/mol. The number of benzene rings is 1. The minimum absolute atomic E-state index is 0.116. The predicted molar refractivity (Wildman–Crippen MR) is 97.4 cm³/mol. The molecule has 126 valence electrons. The maximum atomic E-state index is 12.3. The summed E-state index contributed by atoms with van der Waals surface area (Å²) < 4.78 is 0. The summed E-state index contributed by atoms with van der Waals surface area (Å²) >= 11 is 1.52. The van der Waals surface area contributed by atoms with Crippen molar-refractivity contribution in [2.24, 2.45) is 11.7 Å². The van der Waals surface area contributed by atoms with Crippen LogP contribution in [0.25, 0.3) is 0 Å². The van der Waals surface area contributed by atoms with Crippen molar-refractivity contribution < 1.29 is 9.59 Å². The van der Waals surface area contributed by atoms with Gasteiger partial charge in [-0.3, -0.25) is 9.59 Å². The van der Waals surface area contributed by atoms with Gasteiger partial charge >= 0.3 is 0 Å². The molecule has 1 heterocycles. The molecule has 5 heteroatoms. The van der Waals surface area contributed by atoms with E-state index in [2.05, 4.69) is 12.2 Å². The minimum Gasteiger partial charge on any atom is -0.365 e. The number of carbonyl (C=O) groups excluding carboxylic acids is 2. The lowest BCUT2D eigenvalue weighted by atomic mass is 9.85. The molecule has 0 fully saturated rings. The van der Waals surface area contributed by atoms with Gasteiger partial charge in [0.1, 0.15) is 5.00 Å². The van der Waals surface area contributed by atoms with Gasteiger partial charge in [0.2, 0.25) is 5.91 Å². The molecule has 1 aromatic carbocycles. The number of amides is 2. The topological polar surface area (TPSA) is 72.2 Å². The van der Waals surface area contributed by atoms with Crippen LogP contribution in [-0.4, -0.2) is 11.8 Å². The average Bonchev–Trinajstić information content (AvgIpc) is 2.92. The molecule has 0 saturated carbocycles. The third-order valence-electron chi connectivity index (χ3n) is 4.65. The monoisotopic (exact) mass is 342 g/mol. The van der Waals surface area contributed by atoms with Crippen molar-refractivity contribution in [3.63, 3.8) is 0 Å². The molecule has 1 aliphatic rings. The Morgan fingerprint density at radius 3 is 2.71 bits per heavy atom. The van der Waals surface area contributed by atoms with Crippen molar-refractivity contribution in [2.75, 3.05) is 5.32 Å². The second kappa shape index (κ2) is 7.18. The second-order valence-corrected chi connectivity index (χ2v) is 7.40. The van der Waals surface area contributed by atoms with Gasteiger partial charge in [0.25, 0.3) is 5.91 Å². The Labute approximate surface area is 146 Å². The summed E-state index contributed by atoms with van der Waals surface area (Å²) in [5.74, 6) is 0.0940. The van der Waals surface area contributed by atoms with E-state index in [0.717, 1.165) is 36.8 Å². The van der Waals surface area contributed by atoms with Crippen molar-refractivity contribution in [3.8, 4) is 0 Å². The summed E-state index contributed by atoms with van der Waals surface area (Å²) in [4.78, 5) is 25.5. The quantitative estimate of drug-likeness (QED) is 0.872. The van der Waals surface area contributed by atoms with E-state index in [1.807, 2.05) is 30.3 Å². The Bertz CT molecular complexity index is 752. The Hall–Kier alpha value is -2.14. The number of thiophene rings is 1. The highest BCUT2D eigenvalue weighted by atomic mass is 32.1. The zero-order valence-electron chi connectivity index (χ0n) is 13.8. The van der Waals surface area contributed by atoms with Crippen molar-refractivity contribution >= 4 is 28.2 Å². The van der Waals surface area contributed by atoms with Crippen molar-refractivity contribution in [1.82, 2.24) is 0 Å². The molecule has 0 aliphatic heterocycles. The SMILES string of the molecule is CC[C@@H]1CCc2c(sc(NC(=O)Cc3ccccc3)c2C(N)=O)C1. The van der Waals surface area contributed by atoms with E-state index in [1.54, 1.807) is 0 Å². The molecule has 2 aromatic rings. The van der Waals surface area contributed by atoms with Gasteiger partial charge in [-0.25, -0.2) is 0 Å². The molecule has 3 N–H and O–H groups in total. The molecule has 0 spiro atoms. The molecule has 0 saturated heterocycles. The van der Waals surface area contributed by atoms with Crippen LogP contribution in [0, 0.1) is 5.92 Å². The molecule has 1 aliphatic carbocycles. The summed E-state index contributed by atoms with van der Waals surface area (Å²) in [6.45, 7) is 2.20. The Morgan fingerprint density at radius 2 is 2.04 bits per heavy atom. The van der Waals surface area contributed by atoms with Crippen molar-refractivity contribution in [1.29, 1.82) is 0 Å². The normalized spacial score (nSPS) is 16.5. The standard InChI is InChI=1S/C19H22N2O2S/c1-2-12-8-9-14-15(10-12)24-19(17(14)18(20)23)21-16(22)11-13-6-4-3-5-7-13/h3-7,12H,2,8-11H2,1H3,(H2,20,23)(H,21,22)/t12-/m1/s1. The fraction of sp³-hybridized carbons (Fsp3) is 0.368. The Kier molecular flexibility index (Phi) is 5.00. The van der Waals surface area contributed by atoms with Crippen LogP contribution in [0.15, 0.2) is 30.3 Å². The fourth-order valence-electron chi connectivity index (χ4n) is 3.30. The van der Waals surface area contributed by atoms with Crippen molar-refractivity contribution in [2.45, 2.75) is 39.0 Å². The number of rotatable bonds is 5. The molecule has 4 nitrogen and oxygen atoms in total. The highest BCUT2D eigenvalue weighted by Crippen LogP contribution is 2.40. The van der Waals surface area contributed by atoms with Crippen LogP contribution >= 0.6 is 11.3 Å². The third kappa shape index (κ3) is 3.51. The first-order chi connectivity index (χ1) is 11.6. The van der Waals surface area contributed by atoms with E-state index in [0.29, 0.717) is 22.9 Å². The van der Waals surface area contributed by atoms with Gasteiger partial charge in [0, 0.05) is 4.88 Å². The first kappa shape index (κ1) is 16.7.